The van der Waals surface area contributed by atoms with Crippen LogP contribution in [0.4, 0.5) is 4.39 Å². The second kappa shape index (κ2) is 7.65. The zero-order valence-electron chi connectivity index (χ0n) is 14.5. The average molecular weight is 395 g/mol. The minimum absolute atomic E-state index is 0.248. The fraction of sp³-hybridized carbons (Fsp3) is 0.105. The lowest BCUT2D eigenvalue weighted by Crippen LogP contribution is -2.28. The van der Waals surface area contributed by atoms with E-state index in [1.807, 2.05) is 0 Å². The molecule has 0 unspecified atom stereocenters. The number of thiazole rings is 1. The first-order chi connectivity index (χ1) is 13.6. The van der Waals surface area contributed by atoms with Crippen LogP contribution in [0.3, 0.4) is 0 Å². The van der Waals surface area contributed by atoms with E-state index >= 15 is 0 Å². The molecule has 2 aromatic carbocycles. The molecule has 2 heterocycles. The van der Waals surface area contributed by atoms with Crippen molar-refractivity contribution in [3.8, 4) is 0 Å². The molecule has 0 atom stereocenters. The van der Waals surface area contributed by atoms with Gasteiger partial charge >= 0.3 is 0 Å². The summed E-state index contributed by atoms with van der Waals surface area (Å²) < 4.78 is 16.5. The Morgan fingerprint density at radius 2 is 1.93 bits per heavy atom. The molecule has 0 aliphatic rings. The van der Waals surface area contributed by atoms with Crippen molar-refractivity contribution < 1.29 is 9.18 Å². The van der Waals surface area contributed by atoms with Crippen LogP contribution in [0.1, 0.15) is 5.56 Å². The molecule has 0 N–H and O–H groups in total. The summed E-state index contributed by atoms with van der Waals surface area (Å²) in [5, 5.41) is 9.89. The Balaban J connectivity index is 1.60. The second-order valence-corrected chi connectivity index (χ2v) is 6.85. The third-order valence-corrected chi connectivity index (χ3v) is 4.89. The summed E-state index contributed by atoms with van der Waals surface area (Å²) in [6.45, 7) is -0.0771. The quantitative estimate of drug-likeness (QED) is 0.529. The lowest BCUT2D eigenvalue weighted by atomic mass is 10.2. The van der Waals surface area contributed by atoms with E-state index in [9.17, 15) is 14.0 Å². The maximum Gasteiger partial charge on any atom is 0.278 e. The first kappa shape index (κ1) is 17.9. The first-order valence-corrected chi connectivity index (χ1v) is 9.27. The first-order valence-electron chi connectivity index (χ1n) is 8.39. The Hall–Kier alpha value is -3.46. The van der Waals surface area contributed by atoms with Crippen LogP contribution in [0, 0.1) is 5.82 Å². The zero-order chi connectivity index (χ0) is 19.5. The fourth-order valence-corrected chi connectivity index (χ4v) is 3.46. The van der Waals surface area contributed by atoms with Crippen molar-refractivity contribution >= 4 is 28.1 Å². The van der Waals surface area contributed by atoms with E-state index in [2.05, 4.69) is 15.3 Å². The van der Waals surface area contributed by atoms with Crippen molar-refractivity contribution in [3.05, 3.63) is 86.6 Å². The number of halogens is 1. The highest BCUT2D eigenvalue weighted by Gasteiger charge is 2.10. The van der Waals surface area contributed by atoms with Gasteiger partial charge in [-0.05, 0) is 18.2 Å². The van der Waals surface area contributed by atoms with E-state index in [1.54, 1.807) is 58.6 Å². The molecule has 0 saturated heterocycles. The molecule has 7 nitrogen and oxygen atoms in total. The topological polar surface area (TPSA) is 82.1 Å². The maximum atomic E-state index is 13.9. The van der Waals surface area contributed by atoms with Crippen LogP contribution in [0.2, 0.25) is 0 Å². The summed E-state index contributed by atoms with van der Waals surface area (Å²) in [5.74, 6) is -0.868. The fourth-order valence-electron chi connectivity index (χ4n) is 2.71. The molecule has 0 aliphatic heterocycles. The summed E-state index contributed by atoms with van der Waals surface area (Å²) >= 11 is 1.25. The summed E-state index contributed by atoms with van der Waals surface area (Å²) in [7, 11) is 0. The van der Waals surface area contributed by atoms with E-state index in [0.717, 1.165) is 4.68 Å². The maximum absolute atomic E-state index is 13.9. The van der Waals surface area contributed by atoms with E-state index in [-0.39, 0.29) is 18.9 Å². The van der Waals surface area contributed by atoms with Gasteiger partial charge in [0.05, 0.1) is 11.9 Å². The number of hydrogen-bond donors (Lipinski definition) is 0. The lowest BCUT2D eigenvalue weighted by molar-refractivity contribution is -0.118. The Kier molecular flexibility index (Phi) is 4.90. The summed E-state index contributed by atoms with van der Waals surface area (Å²) in [4.78, 5) is 29.3. The van der Waals surface area contributed by atoms with Gasteiger partial charge < -0.3 is 4.57 Å². The molecule has 4 rings (SSSR count). The predicted molar refractivity (Wildman–Crippen MR) is 102 cm³/mol. The van der Waals surface area contributed by atoms with Gasteiger partial charge in [-0.25, -0.2) is 9.07 Å². The number of carbonyl (C=O) groups is 1. The third-order valence-electron chi connectivity index (χ3n) is 4.09. The number of carbonyl (C=O) groups excluding carboxylic acids is 1. The normalized spacial score (nSPS) is 11.8. The van der Waals surface area contributed by atoms with Crippen molar-refractivity contribution in [1.29, 1.82) is 0 Å². The molecular formula is C19H14FN5O2S. The van der Waals surface area contributed by atoms with Crippen LogP contribution in [0.15, 0.2) is 69.9 Å². The van der Waals surface area contributed by atoms with Crippen molar-refractivity contribution in [2.24, 2.45) is 4.99 Å². The standard InChI is InChI=1S/C19H14FN5O2S/c20-15-7-3-1-5-13(15)11-24-9-10-28-19(24)21-17(26)12-25-18(27)14-6-2-4-8-16(14)22-23-25/h1-10H,11-12H2. The van der Waals surface area contributed by atoms with Crippen molar-refractivity contribution in [2.45, 2.75) is 13.1 Å². The number of aromatic nitrogens is 4. The zero-order valence-corrected chi connectivity index (χ0v) is 15.3. The molecule has 4 aromatic rings. The van der Waals surface area contributed by atoms with Crippen LogP contribution in [-0.4, -0.2) is 25.5 Å². The van der Waals surface area contributed by atoms with Gasteiger partial charge in [-0.2, -0.15) is 4.99 Å². The predicted octanol–water partition coefficient (Wildman–Crippen LogP) is 1.97. The highest BCUT2D eigenvalue weighted by molar-refractivity contribution is 7.07. The van der Waals surface area contributed by atoms with E-state index in [4.69, 9.17) is 0 Å². The largest absolute Gasteiger partial charge is 0.319 e. The van der Waals surface area contributed by atoms with Gasteiger partial charge in [0.2, 0.25) is 0 Å². The molecule has 0 aliphatic carbocycles. The molecule has 1 amide bonds. The molecule has 0 fully saturated rings. The van der Waals surface area contributed by atoms with Gasteiger partial charge in [-0.3, -0.25) is 9.59 Å². The molecule has 9 heteroatoms. The molecule has 0 saturated carbocycles. The lowest BCUT2D eigenvalue weighted by Gasteiger charge is -2.05. The number of hydrogen-bond acceptors (Lipinski definition) is 5. The highest BCUT2D eigenvalue weighted by Crippen LogP contribution is 2.08. The Morgan fingerprint density at radius 1 is 1.14 bits per heavy atom. The number of fused-ring (bicyclic) bond motifs is 1. The molecule has 2 aromatic heterocycles. The third kappa shape index (κ3) is 3.65. The minimum atomic E-state index is -0.545. The van der Waals surface area contributed by atoms with Gasteiger partial charge in [0.15, 0.2) is 4.80 Å². The number of benzene rings is 2. The summed E-state index contributed by atoms with van der Waals surface area (Å²) in [5.41, 5.74) is 0.556. The SMILES string of the molecule is O=C(Cn1nnc2ccccc2c1=O)N=c1sccn1Cc1ccccc1F. The molecule has 28 heavy (non-hydrogen) atoms. The van der Waals surface area contributed by atoms with Gasteiger partial charge in [0, 0.05) is 17.1 Å². The Labute approximate surface area is 162 Å². The van der Waals surface area contributed by atoms with E-state index < -0.39 is 11.5 Å². The van der Waals surface area contributed by atoms with Gasteiger partial charge in [0.1, 0.15) is 17.9 Å². The van der Waals surface area contributed by atoms with E-state index in [0.29, 0.717) is 21.3 Å². The Morgan fingerprint density at radius 3 is 2.79 bits per heavy atom. The highest BCUT2D eigenvalue weighted by atomic mass is 32.1. The molecule has 0 radical (unpaired) electrons. The van der Waals surface area contributed by atoms with Gasteiger partial charge in [-0.1, -0.05) is 35.5 Å². The number of nitrogens with zero attached hydrogens (tertiary/aromatic N) is 5. The van der Waals surface area contributed by atoms with Crippen LogP contribution in [0.25, 0.3) is 10.9 Å². The number of amides is 1. The molecule has 0 bridgehead atoms. The summed E-state index contributed by atoms with van der Waals surface area (Å²) in [6, 6.07) is 13.2. The minimum Gasteiger partial charge on any atom is -0.319 e. The van der Waals surface area contributed by atoms with Crippen molar-refractivity contribution in [2.75, 3.05) is 0 Å². The van der Waals surface area contributed by atoms with Crippen LogP contribution in [-0.2, 0) is 17.9 Å². The van der Waals surface area contributed by atoms with Gasteiger partial charge in [0.25, 0.3) is 11.5 Å². The molecule has 0 spiro atoms. The second-order valence-electron chi connectivity index (χ2n) is 5.98. The van der Waals surface area contributed by atoms with Crippen molar-refractivity contribution in [1.82, 2.24) is 19.6 Å². The molecule has 140 valence electrons. The smallest absolute Gasteiger partial charge is 0.278 e. The summed E-state index contributed by atoms with van der Waals surface area (Å²) in [6.07, 6.45) is 1.73. The monoisotopic (exact) mass is 395 g/mol. The van der Waals surface area contributed by atoms with Crippen LogP contribution in [0.5, 0.6) is 0 Å². The van der Waals surface area contributed by atoms with Crippen LogP contribution >= 0.6 is 11.3 Å². The van der Waals surface area contributed by atoms with Crippen molar-refractivity contribution in [3.63, 3.8) is 0 Å². The van der Waals surface area contributed by atoms with Crippen LogP contribution < -0.4 is 10.4 Å². The Bertz CT molecular complexity index is 1290. The van der Waals surface area contributed by atoms with Gasteiger partial charge in [-0.15, -0.1) is 16.4 Å². The number of rotatable bonds is 4. The average Bonchev–Trinajstić information content (AvgIpc) is 3.12. The van der Waals surface area contributed by atoms with E-state index in [1.165, 1.54) is 17.4 Å². The molecular weight excluding hydrogens is 381 g/mol.